The number of hydrogen-bond donors (Lipinski definition) is 1. The van der Waals surface area contributed by atoms with Crippen LogP contribution in [-0.4, -0.2) is 68.6 Å². The van der Waals surface area contributed by atoms with Gasteiger partial charge in [0.05, 0.1) is 11.7 Å². The van der Waals surface area contributed by atoms with Gasteiger partial charge in [0, 0.05) is 32.7 Å². The fourth-order valence-corrected chi connectivity index (χ4v) is 4.39. The Hall–Kier alpha value is -0.660. The molecule has 2 aliphatic rings. The minimum absolute atomic E-state index is 0.0718. The number of hydrogen-bond acceptors (Lipinski definition) is 4. The molecule has 1 amide bonds. The predicted octanol–water partition coefficient (Wildman–Crippen LogP) is -0.130. The molecule has 2 rings (SSSR count). The summed E-state index contributed by atoms with van der Waals surface area (Å²) in [5, 5.41) is 3.25. The molecule has 0 aromatic rings. The van der Waals surface area contributed by atoms with Crippen LogP contribution in [0.15, 0.2) is 0 Å². The van der Waals surface area contributed by atoms with E-state index >= 15 is 0 Å². The Morgan fingerprint density at radius 1 is 1.25 bits per heavy atom. The lowest BCUT2D eigenvalue weighted by atomic mass is 9.98. The first-order chi connectivity index (χ1) is 9.54. The van der Waals surface area contributed by atoms with Crippen LogP contribution < -0.4 is 5.32 Å². The zero-order valence-electron chi connectivity index (χ0n) is 12.2. The maximum absolute atomic E-state index is 12.4. The third-order valence-electron chi connectivity index (χ3n) is 4.05. The van der Waals surface area contributed by atoms with Crippen molar-refractivity contribution in [3.8, 4) is 0 Å². The quantitative estimate of drug-likeness (QED) is 0.785. The van der Waals surface area contributed by atoms with Crippen LogP contribution in [0.1, 0.15) is 26.2 Å². The molecule has 2 saturated heterocycles. The van der Waals surface area contributed by atoms with Crippen LogP contribution in [0.3, 0.4) is 0 Å². The van der Waals surface area contributed by atoms with Crippen molar-refractivity contribution in [2.24, 2.45) is 5.92 Å². The third kappa shape index (κ3) is 3.71. The van der Waals surface area contributed by atoms with Crippen molar-refractivity contribution in [2.45, 2.75) is 26.2 Å². The van der Waals surface area contributed by atoms with Gasteiger partial charge in [0.25, 0.3) is 0 Å². The van der Waals surface area contributed by atoms with Crippen molar-refractivity contribution in [1.29, 1.82) is 0 Å². The number of nitrogens with zero attached hydrogens (tertiary/aromatic N) is 2. The van der Waals surface area contributed by atoms with Crippen LogP contribution in [0.5, 0.6) is 0 Å². The molecule has 0 aliphatic carbocycles. The highest BCUT2D eigenvalue weighted by Gasteiger charge is 2.31. The van der Waals surface area contributed by atoms with Gasteiger partial charge in [-0.2, -0.15) is 4.31 Å². The number of nitrogens with one attached hydrogen (secondary N) is 1. The van der Waals surface area contributed by atoms with Gasteiger partial charge in [-0.05, 0) is 25.8 Å². The second-order valence-electron chi connectivity index (χ2n) is 5.58. The summed E-state index contributed by atoms with van der Waals surface area (Å²) < 4.78 is 25.5. The summed E-state index contributed by atoms with van der Waals surface area (Å²) in [6.07, 6.45) is 2.62. The molecule has 0 saturated carbocycles. The molecule has 2 aliphatic heterocycles. The van der Waals surface area contributed by atoms with Crippen molar-refractivity contribution in [3.63, 3.8) is 0 Å². The van der Waals surface area contributed by atoms with Gasteiger partial charge >= 0.3 is 0 Å². The van der Waals surface area contributed by atoms with Crippen LogP contribution in [0, 0.1) is 5.92 Å². The Morgan fingerprint density at radius 2 is 1.95 bits per heavy atom. The van der Waals surface area contributed by atoms with E-state index < -0.39 is 10.0 Å². The maximum atomic E-state index is 12.4. The maximum Gasteiger partial charge on any atom is 0.227 e. The first-order valence-electron chi connectivity index (χ1n) is 7.52. The molecule has 6 nitrogen and oxygen atoms in total. The molecule has 0 aromatic heterocycles. The minimum atomic E-state index is -3.12. The van der Waals surface area contributed by atoms with Crippen molar-refractivity contribution in [3.05, 3.63) is 0 Å². The smallest absolute Gasteiger partial charge is 0.227 e. The summed E-state index contributed by atoms with van der Waals surface area (Å²) in [6.45, 7) is 5.55. The first-order valence-corrected chi connectivity index (χ1v) is 9.13. The Kier molecular flexibility index (Phi) is 5.40. The molecule has 2 heterocycles. The number of rotatable bonds is 4. The lowest BCUT2D eigenvalue weighted by molar-refractivity contribution is -0.137. The molecule has 0 spiro atoms. The van der Waals surface area contributed by atoms with E-state index in [1.165, 1.54) is 4.31 Å². The van der Waals surface area contributed by atoms with E-state index in [-0.39, 0.29) is 17.6 Å². The summed E-state index contributed by atoms with van der Waals surface area (Å²) in [5.41, 5.74) is 0. The van der Waals surface area contributed by atoms with Gasteiger partial charge in [-0.3, -0.25) is 4.79 Å². The van der Waals surface area contributed by atoms with Crippen molar-refractivity contribution in [2.75, 3.05) is 45.0 Å². The molecule has 1 atom stereocenters. The van der Waals surface area contributed by atoms with Gasteiger partial charge in [-0.15, -0.1) is 0 Å². The number of amides is 1. The zero-order chi connectivity index (χ0) is 14.6. The summed E-state index contributed by atoms with van der Waals surface area (Å²) in [5.74, 6) is 0.459. The van der Waals surface area contributed by atoms with Gasteiger partial charge in [0.1, 0.15) is 0 Å². The highest BCUT2D eigenvalue weighted by atomic mass is 32.2. The second-order valence-corrected chi connectivity index (χ2v) is 7.67. The molecule has 0 bridgehead atoms. The monoisotopic (exact) mass is 303 g/mol. The summed E-state index contributed by atoms with van der Waals surface area (Å²) in [6, 6.07) is 0. The normalized spacial score (nSPS) is 25.6. The van der Waals surface area contributed by atoms with Gasteiger partial charge < -0.3 is 10.2 Å². The standard InChI is InChI=1S/C13H25N3O3S/c1-2-10-20(18,19)16-8-6-15(7-9-16)13(17)12-4-3-5-14-11-12/h12,14H,2-11H2,1H3. The zero-order valence-corrected chi connectivity index (χ0v) is 13.0. The molecule has 20 heavy (non-hydrogen) atoms. The van der Waals surface area contributed by atoms with Crippen LogP contribution >= 0.6 is 0 Å². The number of sulfonamides is 1. The van der Waals surface area contributed by atoms with E-state index in [9.17, 15) is 13.2 Å². The Labute approximate surface area is 121 Å². The summed E-state index contributed by atoms with van der Waals surface area (Å²) >= 11 is 0. The lowest BCUT2D eigenvalue weighted by Crippen LogP contribution is -2.53. The van der Waals surface area contributed by atoms with Crippen LogP contribution in [0.25, 0.3) is 0 Å². The highest BCUT2D eigenvalue weighted by molar-refractivity contribution is 7.89. The average Bonchev–Trinajstić information content (AvgIpc) is 2.47. The molecule has 0 aromatic carbocycles. The van der Waals surface area contributed by atoms with E-state index in [2.05, 4.69) is 5.32 Å². The number of piperazine rings is 1. The largest absolute Gasteiger partial charge is 0.340 e. The van der Waals surface area contributed by atoms with Gasteiger partial charge in [0.2, 0.25) is 15.9 Å². The Morgan fingerprint density at radius 3 is 2.50 bits per heavy atom. The van der Waals surface area contributed by atoms with Crippen LogP contribution in [0.4, 0.5) is 0 Å². The first kappa shape index (κ1) is 15.7. The average molecular weight is 303 g/mol. The molecule has 2 fully saturated rings. The predicted molar refractivity (Wildman–Crippen MR) is 77.8 cm³/mol. The van der Waals surface area contributed by atoms with E-state index in [1.807, 2.05) is 11.8 Å². The number of piperidine rings is 1. The van der Waals surface area contributed by atoms with Crippen molar-refractivity contribution in [1.82, 2.24) is 14.5 Å². The van der Waals surface area contributed by atoms with Gasteiger partial charge in [0.15, 0.2) is 0 Å². The van der Waals surface area contributed by atoms with E-state index in [0.29, 0.717) is 32.6 Å². The third-order valence-corrected chi connectivity index (χ3v) is 6.13. The molecule has 7 heteroatoms. The number of carbonyl (C=O) groups excluding carboxylic acids is 1. The van der Waals surface area contributed by atoms with Crippen LogP contribution in [-0.2, 0) is 14.8 Å². The Bertz CT molecular complexity index is 424. The lowest BCUT2D eigenvalue weighted by Gasteiger charge is -2.36. The van der Waals surface area contributed by atoms with E-state index in [0.717, 1.165) is 25.9 Å². The SMILES string of the molecule is CCCS(=O)(=O)N1CCN(C(=O)C2CCCNC2)CC1. The summed E-state index contributed by atoms with van der Waals surface area (Å²) in [7, 11) is -3.12. The molecular weight excluding hydrogens is 278 g/mol. The Balaban J connectivity index is 1.86. The van der Waals surface area contributed by atoms with Gasteiger partial charge in [-0.1, -0.05) is 6.92 Å². The highest BCUT2D eigenvalue weighted by Crippen LogP contribution is 2.16. The molecule has 1 unspecified atom stereocenters. The van der Waals surface area contributed by atoms with Crippen LogP contribution in [0.2, 0.25) is 0 Å². The van der Waals surface area contributed by atoms with E-state index in [4.69, 9.17) is 0 Å². The van der Waals surface area contributed by atoms with E-state index in [1.54, 1.807) is 0 Å². The van der Waals surface area contributed by atoms with Gasteiger partial charge in [-0.25, -0.2) is 8.42 Å². The number of carbonyl (C=O) groups is 1. The molecule has 0 radical (unpaired) electrons. The molecule has 116 valence electrons. The fourth-order valence-electron chi connectivity index (χ4n) is 2.89. The minimum Gasteiger partial charge on any atom is -0.340 e. The molecule has 1 N–H and O–H groups in total. The second kappa shape index (κ2) is 6.87. The van der Waals surface area contributed by atoms with Crippen molar-refractivity contribution < 1.29 is 13.2 Å². The summed E-state index contributed by atoms with van der Waals surface area (Å²) in [4.78, 5) is 14.2. The topological polar surface area (TPSA) is 69.7 Å². The fraction of sp³-hybridized carbons (Fsp3) is 0.923. The molecular formula is C13H25N3O3S. The van der Waals surface area contributed by atoms with Crippen molar-refractivity contribution >= 4 is 15.9 Å².